The minimum absolute atomic E-state index is 0.135. The molecule has 9 heteroatoms. The van der Waals surface area contributed by atoms with Gasteiger partial charge >= 0.3 is 5.69 Å². The van der Waals surface area contributed by atoms with Gasteiger partial charge in [0.05, 0.1) is 37.2 Å². The molecule has 5 rings (SSSR count). The summed E-state index contributed by atoms with van der Waals surface area (Å²) < 4.78 is 8.93. The number of ether oxygens (including phenoxy) is 1. The fraction of sp³-hybridized carbons (Fsp3) is 0.455. The number of aryl methyl sites for hydroxylation is 1. The summed E-state index contributed by atoms with van der Waals surface area (Å²) in [5, 5.41) is 8.75. The maximum atomic E-state index is 13.8. The van der Waals surface area contributed by atoms with Crippen LogP contribution >= 0.6 is 11.3 Å². The normalized spacial score (nSPS) is 15.3. The van der Waals surface area contributed by atoms with Crippen molar-refractivity contribution >= 4 is 33.7 Å². The van der Waals surface area contributed by atoms with E-state index in [-0.39, 0.29) is 11.1 Å². The van der Waals surface area contributed by atoms with Crippen LogP contribution in [0.4, 0.5) is 5.69 Å². The van der Waals surface area contributed by atoms with Gasteiger partial charge in [-0.15, -0.1) is 21.5 Å². The van der Waals surface area contributed by atoms with E-state index in [0.29, 0.717) is 36.7 Å². The number of nitrogens with zero attached hydrogens (tertiary/aromatic N) is 6. The molecule has 0 aliphatic carbocycles. The van der Waals surface area contributed by atoms with Crippen molar-refractivity contribution in [3.8, 4) is 0 Å². The smallest absolute Gasteiger partial charge is 0.336 e. The molecular weight excluding hydrogens is 412 g/mol. The number of fused-ring (bicyclic) bond motifs is 3. The molecule has 0 atom stereocenters. The third kappa shape index (κ3) is 3.51. The molecule has 1 saturated heterocycles. The van der Waals surface area contributed by atoms with Crippen LogP contribution in [0.3, 0.4) is 0 Å². The fourth-order valence-corrected chi connectivity index (χ4v) is 4.90. The van der Waals surface area contributed by atoms with E-state index in [2.05, 4.69) is 40.2 Å². The van der Waals surface area contributed by atoms with Crippen LogP contribution in [0.15, 0.2) is 29.2 Å². The monoisotopic (exact) mass is 438 g/mol. The van der Waals surface area contributed by atoms with Crippen LogP contribution in [-0.2, 0) is 16.7 Å². The SMILES string of the molecule is Cc1ccc(Cn2c(=O)n3c(C(C)(C)C)nnc3c3ncc(N4CCOCC4)cc32)s1. The van der Waals surface area contributed by atoms with E-state index < -0.39 is 0 Å². The minimum atomic E-state index is -0.322. The van der Waals surface area contributed by atoms with E-state index in [1.165, 1.54) is 4.88 Å². The summed E-state index contributed by atoms with van der Waals surface area (Å²) in [6, 6.07) is 6.22. The molecule has 0 unspecified atom stereocenters. The van der Waals surface area contributed by atoms with Gasteiger partial charge in [-0.2, -0.15) is 0 Å². The molecule has 0 amide bonds. The van der Waals surface area contributed by atoms with Gasteiger partial charge in [0, 0.05) is 28.3 Å². The highest BCUT2D eigenvalue weighted by Crippen LogP contribution is 2.26. The van der Waals surface area contributed by atoms with Gasteiger partial charge in [-0.05, 0) is 25.1 Å². The molecule has 8 nitrogen and oxygen atoms in total. The van der Waals surface area contributed by atoms with Crippen LogP contribution in [0.5, 0.6) is 0 Å². The largest absolute Gasteiger partial charge is 0.378 e. The summed E-state index contributed by atoms with van der Waals surface area (Å²) in [5.74, 6) is 0.643. The van der Waals surface area contributed by atoms with Gasteiger partial charge in [-0.3, -0.25) is 4.57 Å². The molecule has 31 heavy (non-hydrogen) atoms. The van der Waals surface area contributed by atoms with Crippen LogP contribution in [-0.4, -0.2) is 50.5 Å². The number of hydrogen-bond donors (Lipinski definition) is 0. The molecule has 0 N–H and O–H groups in total. The van der Waals surface area contributed by atoms with Crippen molar-refractivity contribution in [2.75, 3.05) is 31.2 Å². The van der Waals surface area contributed by atoms with Crippen LogP contribution in [0.25, 0.3) is 16.7 Å². The zero-order chi connectivity index (χ0) is 21.8. The van der Waals surface area contributed by atoms with Crippen molar-refractivity contribution in [3.05, 3.63) is 50.5 Å². The Morgan fingerprint density at radius 3 is 2.61 bits per heavy atom. The van der Waals surface area contributed by atoms with Crippen LogP contribution in [0.2, 0.25) is 0 Å². The first-order valence-corrected chi connectivity index (χ1v) is 11.3. The predicted molar refractivity (Wildman–Crippen MR) is 122 cm³/mol. The first-order valence-electron chi connectivity index (χ1n) is 10.5. The Balaban J connectivity index is 1.78. The first-order chi connectivity index (χ1) is 14.8. The van der Waals surface area contributed by atoms with Crippen molar-refractivity contribution in [1.29, 1.82) is 0 Å². The fourth-order valence-electron chi connectivity index (χ4n) is 4.02. The summed E-state index contributed by atoms with van der Waals surface area (Å²) in [5.41, 5.74) is 2.51. The molecule has 0 aromatic carbocycles. The van der Waals surface area contributed by atoms with Gasteiger partial charge in [-0.25, -0.2) is 14.2 Å². The van der Waals surface area contributed by atoms with Gasteiger partial charge in [0.15, 0.2) is 5.65 Å². The number of rotatable bonds is 3. The molecule has 0 spiro atoms. The van der Waals surface area contributed by atoms with E-state index in [1.54, 1.807) is 15.7 Å². The first kappa shape index (κ1) is 20.1. The Bertz CT molecular complexity index is 1320. The third-order valence-electron chi connectivity index (χ3n) is 5.60. The lowest BCUT2D eigenvalue weighted by atomic mass is 9.96. The summed E-state index contributed by atoms with van der Waals surface area (Å²) >= 11 is 1.70. The Labute approximate surface area is 184 Å². The summed E-state index contributed by atoms with van der Waals surface area (Å²) in [7, 11) is 0. The molecule has 5 heterocycles. The van der Waals surface area contributed by atoms with Crippen LogP contribution in [0.1, 0.15) is 36.3 Å². The molecule has 0 saturated carbocycles. The van der Waals surface area contributed by atoms with Crippen molar-refractivity contribution in [3.63, 3.8) is 0 Å². The van der Waals surface area contributed by atoms with Gasteiger partial charge in [-0.1, -0.05) is 20.8 Å². The average Bonchev–Trinajstić information content (AvgIpc) is 3.38. The molecule has 1 fully saturated rings. The van der Waals surface area contributed by atoms with Gasteiger partial charge in [0.2, 0.25) is 0 Å². The molecule has 4 aromatic heterocycles. The minimum Gasteiger partial charge on any atom is -0.378 e. The summed E-state index contributed by atoms with van der Waals surface area (Å²) in [6.07, 6.45) is 1.86. The van der Waals surface area contributed by atoms with Gasteiger partial charge in [0.25, 0.3) is 0 Å². The van der Waals surface area contributed by atoms with Crippen molar-refractivity contribution in [2.24, 2.45) is 0 Å². The van der Waals surface area contributed by atoms with Crippen molar-refractivity contribution < 1.29 is 4.74 Å². The maximum absolute atomic E-state index is 13.8. The molecule has 1 aliphatic heterocycles. The lowest BCUT2D eigenvalue weighted by molar-refractivity contribution is 0.122. The zero-order valence-electron chi connectivity index (χ0n) is 18.3. The van der Waals surface area contributed by atoms with E-state index in [4.69, 9.17) is 9.72 Å². The van der Waals surface area contributed by atoms with Gasteiger partial charge < -0.3 is 9.64 Å². The number of hydrogen-bond acceptors (Lipinski definition) is 7. The second-order valence-corrected chi connectivity index (χ2v) is 10.3. The number of thiophene rings is 1. The third-order valence-corrected chi connectivity index (χ3v) is 6.58. The van der Waals surface area contributed by atoms with Crippen LogP contribution < -0.4 is 10.6 Å². The van der Waals surface area contributed by atoms with E-state index >= 15 is 0 Å². The van der Waals surface area contributed by atoms with Crippen molar-refractivity contribution in [2.45, 2.75) is 39.7 Å². The number of aromatic nitrogens is 5. The highest BCUT2D eigenvalue weighted by molar-refractivity contribution is 7.11. The Morgan fingerprint density at radius 1 is 1.16 bits per heavy atom. The number of morpholine rings is 1. The predicted octanol–water partition coefficient (Wildman–Crippen LogP) is 2.99. The molecule has 0 bridgehead atoms. The highest BCUT2D eigenvalue weighted by Gasteiger charge is 2.26. The molecule has 0 radical (unpaired) electrons. The summed E-state index contributed by atoms with van der Waals surface area (Å²) in [4.78, 5) is 23.1. The second kappa shape index (κ2) is 7.42. The Morgan fingerprint density at radius 2 is 1.94 bits per heavy atom. The highest BCUT2D eigenvalue weighted by atomic mass is 32.1. The molecule has 1 aliphatic rings. The Kier molecular flexibility index (Phi) is 4.82. The second-order valence-electron chi connectivity index (χ2n) is 8.97. The standard InChI is InChI=1S/C22H26N6O2S/c1-14-5-6-16(31-14)13-27-17-11-15(26-7-9-30-10-8-26)12-23-18(17)19-24-25-20(22(2,3)4)28(19)21(27)29/h5-6,11-12H,7-10,13H2,1-4H3. The lowest BCUT2D eigenvalue weighted by Gasteiger charge is -2.28. The lowest BCUT2D eigenvalue weighted by Crippen LogP contribution is -2.36. The van der Waals surface area contributed by atoms with E-state index in [0.717, 1.165) is 29.2 Å². The Hall–Kier alpha value is -2.78. The maximum Gasteiger partial charge on any atom is 0.336 e. The average molecular weight is 439 g/mol. The van der Waals surface area contributed by atoms with Crippen molar-refractivity contribution in [1.82, 2.24) is 24.1 Å². The summed E-state index contributed by atoms with van der Waals surface area (Å²) in [6.45, 7) is 11.7. The zero-order valence-corrected chi connectivity index (χ0v) is 19.1. The quantitative estimate of drug-likeness (QED) is 0.489. The topological polar surface area (TPSA) is 77.5 Å². The van der Waals surface area contributed by atoms with E-state index in [1.807, 2.05) is 31.5 Å². The van der Waals surface area contributed by atoms with E-state index in [9.17, 15) is 4.79 Å². The number of anilines is 1. The van der Waals surface area contributed by atoms with Gasteiger partial charge in [0.1, 0.15) is 11.3 Å². The molecule has 4 aromatic rings. The number of pyridine rings is 1. The molecular formula is C22H26N6O2S. The van der Waals surface area contributed by atoms with Crippen LogP contribution in [0, 0.1) is 6.92 Å². The molecule has 162 valence electrons.